The van der Waals surface area contributed by atoms with Crippen LogP contribution in [-0.2, 0) is 4.79 Å². The summed E-state index contributed by atoms with van der Waals surface area (Å²) < 4.78 is 5.87. The van der Waals surface area contributed by atoms with Crippen LogP contribution in [0.5, 0.6) is 5.75 Å². The van der Waals surface area contributed by atoms with Crippen molar-refractivity contribution < 1.29 is 14.3 Å². The van der Waals surface area contributed by atoms with E-state index in [0.717, 1.165) is 31.6 Å². The topological polar surface area (TPSA) is 78.3 Å². The van der Waals surface area contributed by atoms with E-state index < -0.39 is 0 Å². The molecule has 0 aromatic carbocycles. The second-order valence-electron chi connectivity index (χ2n) is 9.09. The number of hydrogen-bond donors (Lipinski definition) is 0. The number of carbonyl (C=O) groups excluding carboxylic acids is 2. The monoisotopic (exact) mass is 419 g/mol. The first-order valence-corrected chi connectivity index (χ1v) is 11.0. The average Bonchev–Trinajstić information content (AvgIpc) is 3.49. The lowest BCUT2D eigenvalue weighted by molar-refractivity contribution is -0.121. The molecule has 1 aliphatic carbocycles. The molecule has 8 heteroatoms. The molecule has 1 saturated heterocycles. The third-order valence-corrected chi connectivity index (χ3v) is 7.17. The highest BCUT2D eigenvalue weighted by molar-refractivity contribution is 6.39. The van der Waals surface area contributed by atoms with Crippen LogP contribution < -0.4 is 9.64 Å². The van der Waals surface area contributed by atoms with Crippen molar-refractivity contribution in [2.45, 2.75) is 38.8 Å². The number of rotatable bonds is 2. The Balaban J connectivity index is 1.23. The smallest absolute Gasteiger partial charge is 0.273 e. The summed E-state index contributed by atoms with van der Waals surface area (Å²) in [5.74, 6) is 1.28. The molecule has 8 nitrogen and oxygen atoms in total. The Hall–Kier alpha value is -3.16. The minimum Gasteiger partial charge on any atom is -0.488 e. The molecule has 1 unspecified atom stereocenters. The summed E-state index contributed by atoms with van der Waals surface area (Å²) in [5.41, 5.74) is 2.56. The van der Waals surface area contributed by atoms with Crippen LogP contribution >= 0.6 is 0 Å². The molecule has 4 aliphatic heterocycles. The summed E-state index contributed by atoms with van der Waals surface area (Å²) in [5, 5.41) is 0. The summed E-state index contributed by atoms with van der Waals surface area (Å²) in [6, 6.07) is 1.82. The van der Waals surface area contributed by atoms with Crippen LogP contribution in [0.15, 0.2) is 41.3 Å². The highest BCUT2D eigenvalue weighted by atomic mass is 16.5. The van der Waals surface area contributed by atoms with Gasteiger partial charge in [0.2, 0.25) is 0 Å². The molecule has 0 N–H and O–H groups in total. The number of aliphatic imine (C=N–C) groups is 1. The van der Waals surface area contributed by atoms with Gasteiger partial charge in [-0.3, -0.25) is 19.5 Å². The van der Waals surface area contributed by atoms with Crippen molar-refractivity contribution in [3.05, 3.63) is 41.9 Å². The van der Waals surface area contributed by atoms with Crippen LogP contribution in [0.4, 0.5) is 5.82 Å². The van der Waals surface area contributed by atoms with Gasteiger partial charge < -0.3 is 14.5 Å². The normalized spacial score (nSPS) is 25.6. The maximum absolute atomic E-state index is 13.0. The first-order chi connectivity index (χ1) is 15.0. The first kappa shape index (κ1) is 18.6. The number of allylic oxidation sites excluding steroid dienone is 1. The predicted molar refractivity (Wildman–Crippen MR) is 115 cm³/mol. The van der Waals surface area contributed by atoms with Crippen LogP contribution in [0.3, 0.4) is 0 Å². The van der Waals surface area contributed by atoms with Gasteiger partial charge in [0.15, 0.2) is 11.6 Å². The Morgan fingerprint density at radius 3 is 2.77 bits per heavy atom. The molecule has 160 valence electrons. The molecule has 2 amide bonds. The molecule has 5 aliphatic rings. The fourth-order valence-corrected chi connectivity index (χ4v) is 4.95. The number of anilines is 1. The van der Waals surface area contributed by atoms with Crippen molar-refractivity contribution in [2.24, 2.45) is 10.4 Å². The molecular formula is C23H25N5O3. The van der Waals surface area contributed by atoms with E-state index in [1.54, 1.807) is 24.2 Å². The van der Waals surface area contributed by atoms with Crippen LogP contribution in [0.25, 0.3) is 0 Å². The second kappa shape index (κ2) is 6.67. The van der Waals surface area contributed by atoms with Crippen LogP contribution in [0, 0.1) is 5.41 Å². The number of nitrogens with zero attached hydrogens (tertiary/aromatic N) is 5. The van der Waals surface area contributed by atoms with Crippen LogP contribution in [-0.4, -0.2) is 64.7 Å². The van der Waals surface area contributed by atoms with Crippen molar-refractivity contribution in [1.29, 1.82) is 0 Å². The minimum absolute atomic E-state index is 0.0354. The van der Waals surface area contributed by atoms with Crippen molar-refractivity contribution in [2.75, 3.05) is 31.1 Å². The van der Waals surface area contributed by atoms with E-state index in [9.17, 15) is 9.59 Å². The molecule has 1 aromatic heterocycles. The Kier molecular flexibility index (Phi) is 4.00. The Morgan fingerprint density at radius 1 is 1.19 bits per heavy atom. The molecule has 0 bridgehead atoms. The van der Waals surface area contributed by atoms with Crippen LogP contribution in [0.1, 0.15) is 43.0 Å². The number of ether oxygens (including phenoxy) is 1. The largest absolute Gasteiger partial charge is 0.488 e. The second-order valence-corrected chi connectivity index (χ2v) is 9.09. The van der Waals surface area contributed by atoms with E-state index in [4.69, 9.17) is 4.74 Å². The molecule has 2 fully saturated rings. The van der Waals surface area contributed by atoms with Gasteiger partial charge in [0, 0.05) is 31.2 Å². The fraction of sp³-hybridized carbons (Fsp3) is 0.478. The number of piperidine rings is 1. The van der Waals surface area contributed by atoms with Gasteiger partial charge in [-0.2, -0.15) is 0 Å². The number of aromatic nitrogens is 1. The van der Waals surface area contributed by atoms with Crippen molar-refractivity contribution in [3.63, 3.8) is 0 Å². The standard InChI is InChI=1S/C23H25N5O3/c1-15-21(29)28-7-2-17(13-19(28)25-15)27-10-11-31-18-12-16(14-24-20(18)27)22(30)26-8-5-23(3-4-23)6-9-26/h2,7,12-14,19H,3-6,8-11H2,1H3. The first-order valence-electron chi connectivity index (χ1n) is 11.0. The van der Waals surface area contributed by atoms with Gasteiger partial charge in [-0.1, -0.05) is 0 Å². The zero-order valence-electron chi connectivity index (χ0n) is 17.6. The van der Waals surface area contributed by atoms with Gasteiger partial charge in [0.25, 0.3) is 11.8 Å². The lowest BCUT2D eigenvalue weighted by Gasteiger charge is -2.34. The van der Waals surface area contributed by atoms with E-state index in [2.05, 4.69) is 14.9 Å². The molecule has 1 aromatic rings. The SMILES string of the molecule is CC1=NC2C=C(N3CCOc4cc(C(=O)N5CCC6(CC5)CC6)cnc43)C=CN2C1=O. The molecule has 1 atom stereocenters. The molecule has 0 radical (unpaired) electrons. The van der Waals surface area contributed by atoms with E-state index in [1.807, 2.05) is 23.1 Å². The van der Waals surface area contributed by atoms with Crippen molar-refractivity contribution in [1.82, 2.24) is 14.8 Å². The molecule has 1 spiro atoms. The summed E-state index contributed by atoms with van der Waals surface area (Å²) in [7, 11) is 0. The number of fused-ring (bicyclic) bond motifs is 2. The highest BCUT2D eigenvalue weighted by Gasteiger charge is 2.45. The predicted octanol–water partition coefficient (Wildman–Crippen LogP) is 2.34. The molecule has 1 saturated carbocycles. The van der Waals surface area contributed by atoms with E-state index >= 15 is 0 Å². The average molecular weight is 419 g/mol. The fourth-order valence-electron chi connectivity index (χ4n) is 4.95. The molecule has 5 heterocycles. The van der Waals surface area contributed by atoms with Gasteiger partial charge in [-0.15, -0.1) is 0 Å². The minimum atomic E-state index is -0.312. The van der Waals surface area contributed by atoms with Crippen molar-refractivity contribution in [3.8, 4) is 5.75 Å². The van der Waals surface area contributed by atoms with E-state index in [1.165, 1.54) is 12.8 Å². The van der Waals surface area contributed by atoms with Gasteiger partial charge in [-0.05, 0) is 56.2 Å². The molecule has 31 heavy (non-hydrogen) atoms. The highest BCUT2D eigenvalue weighted by Crippen LogP contribution is 2.53. The van der Waals surface area contributed by atoms with E-state index in [-0.39, 0.29) is 18.0 Å². The number of likely N-dealkylation sites (tertiary alicyclic amines) is 1. The van der Waals surface area contributed by atoms with Gasteiger partial charge in [0.1, 0.15) is 12.8 Å². The van der Waals surface area contributed by atoms with Gasteiger partial charge in [-0.25, -0.2) is 4.98 Å². The summed E-state index contributed by atoms with van der Waals surface area (Å²) in [4.78, 5) is 39.8. The Labute approximate surface area is 180 Å². The third kappa shape index (κ3) is 3.04. The maximum atomic E-state index is 13.0. The summed E-state index contributed by atoms with van der Waals surface area (Å²) >= 11 is 0. The number of carbonyl (C=O) groups is 2. The van der Waals surface area contributed by atoms with Gasteiger partial charge >= 0.3 is 0 Å². The molecular weight excluding hydrogens is 394 g/mol. The third-order valence-electron chi connectivity index (χ3n) is 7.17. The zero-order chi connectivity index (χ0) is 21.2. The van der Waals surface area contributed by atoms with Crippen molar-refractivity contribution >= 4 is 23.3 Å². The van der Waals surface area contributed by atoms with Gasteiger partial charge in [0.05, 0.1) is 17.8 Å². The number of hydrogen-bond acceptors (Lipinski definition) is 6. The molecule has 6 rings (SSSR count). The summed E-state index contributed by atoms with van der Waals surface area (Å²) in [6.07, 6.45) is 11.9. The number of amides is 2. The number of pyridine rings is 1. The Bertz CT molecular complexity index is 1060. The van der Waals surface area contributed by atoms with Crippen LogP contribution in [0.2, 0.25) is 0 Å². The Morgan fingerprint density at radius 2 is 2.00 bits per heavy atom. The maximum Gasteiger partial charge on any atom is 0.273 e. The van der Waals surface area contributed by atoms with E-state index in [0.29, 0.717) is 41.4 Å². The zero-order valence-corrected chi connectivity index (χ0v) is 17.6. The lowest BCUT2D eigenvalue weighted by atomic mass is 9.93. The quantitative estimate of drug-likeness (QED) is 0.735. The lowest BCUT2D eigenvalue weighted by Crippen LogP contribution is -2.39. The summed E-state index contributed by atoms with van der Waals surface area (Å²) in [6.45, 7) is 4.54.